The van der Waals surface area contributed by atoms with E-state index in [-0.39, 0.29) is 18.1 Å². The average molecular weight is 526 g/mol. The maximum Gasteiger partial charge on any atom is 0.319 e. The lowest BCUT2D eigenvalue weighted by atomic mass is 9.96. The van der Waals surface area contributed by atoms with Crippen LogP contribution in [0.3, 0.4) is 0 Å². The molecular formula is C30H28ClN5O2. The van der Waals surface area contributed by atoms with Gasteiger partial charge in [0.1, 0.15) is 0 Å². The van der Waals surface area contributed by atoms with Gasteiger partial charge in [0.2, 0.25) is 0 Å². The summed E-state index contributed by atoms with van der Waals surface area (Å²) in [5.74, 6) is 0. The van der Waals surface area contributed by atoms with Gasteiger partial charge in [-0.25, -0.2) is 9.78 Å². The number of benzene rings is 3. The number of carbonyl (C=O) groups is 1. The largest absolute Gasteiger partial charge is 0.337 e. The van der Waals surface area contributed by atoms with Crippen molar-refractivity contribution in [3.63, 3.8) is 0 Å². The van der Waals surface area contributed by atoms with Crippen molar-refractivity contribution in [1.29, 1.82) is 0 Å². The molecule has 5 aromatic rings. The predicted octanol–water partition coefficient (Wildman–Crippen LogP) is 6.01. The third-order valence-electron chi connectivity index (χ3n) is 6.58. The van der Waals surface area contributed by atoms with Crippen LogP contribution in [0.25, 0.3) is 21.9 Å². The van der Waals surface area contributed by atoms with E-state index >= 15 is 0 Å². The summed E-state index contributed by atoms with van der Waals surface area (Å²) in [6.45, 7) is 1.05. The molecule has 38 heavy (non-hydrogen) atoms. The molecule has 2 heterocycles. The molecule has 0 unspecified atom stereocenters. The topological polar surface area (TPSA) is 81.0 Å². The maximum atomic E-state index is 13.2. The number of halogens is 1. The van der Waals surface area contributed by atoms with Crippen LogP contribution in [0.5, 0.6) is 0 Å². The van der Waals surface area contributed by atoms with E-state index in [0.29, 0.717) is 21.8 Å². The molecule has 192 valence electrons. The molecule has 0 spiro atoms. The minimum absolute atomic E-state index is 0.142. The van der Waals surface area contributed by atoms with Crippen LogP contribution in [0, 0.1) is 0 Å². The Bertz CT molecular complexity index is 1630. The van der Waals surface area contributed by atoms with E-state index in [4.69, 9.17) is 11.6 Å². The number of rotatable bonds is 8. The van der Waals surface area contributed by atoms with Crippen molar-refractivity contribution in [3.8, 4) is 11.1 Å². The number of nitrogens with one attached hydrogen (secondary N) is 2. The molecule has 0 aliphatic heterocycles. The molecule has 0 aliphatic rings. The van der Waals surface area contributed by atoms with E-state index in [1.807, 2.05) is 71.7 Å². The SMILES string of the molecule is Cn1c(CNC(=O)Nc2cccc(CCCn3ccnc3)c2)c(-c2ccccc2)c2cc(Cl)ccc2c1=O. The molecule has 0 fully saturated rings. The highest BCUT2D eigenvalue weighted by Gasteiger charge is 2.17. The van der Waals surface area contributed by atoms with E-state index in [0.717, 1.165) is 41.5 Å². The number of aromatic nitrogens is 3. The molecular weight excluding hydrogens is 498 g/mol. The Morgan fingerprint density at radius 2 is 1.84 bits per heavy atom. The Balaban J connectivity index is 1.34. The summed E-state index contributed by atoms with van der Waals surface area (Å²) in [5.41, 5.74) is 4.21. The molecule has 0 saturated heterocycles. The third kappa shape index (κ3) is 5.63. The molecule has 0 aliphatic carbocycles. The third-order valence-corrected chi connectivity index (χ3v) is 6.82. The molecule has 7 nitrogen and oxygen atoms in total. The average Bonchev–Trinajstić information content (AvgIpc) is 3.44. The van der Waals surface area contributed by atoms with Gasteiger partial charge >= 0.3 is 6.03 Å². The number of pyridine rings is 1. The number of anilines is 1. The maximum absolute atomic E-state index is 13.2. The first-order chi connectivity index (χ1) is 18.5. The van der Waals surface area contributed by atoms with Gasteiger partial charge in [0.15, 0.2) is 0 Å². The minimum Gasteiger partial charge on any atom is -0.337 e. The van der Waals surface area contributed by atoms with Crippen LogP contribution in [0.2, 0.25) is 5.02 Å². The fraction of sp³-hybridized carbons (Fsp3) is 0.167. The molecule has 2 amide bonds. The molecule has 0 atom stereocenters. The number of carbonyl (C=O) groups excluding carboxylic acids is 1. The molecule has 8 heteroatoms. The van der Waals surface area contributed by atoms with Gasteiger partial charge in [-0.1, -0.05) is 54.1 Å². The minimum atomic E-state index is -0.349. The normalized spacial score (nSPS) is 11.0. The molecule has 5 rings (SSSR count). The van der Waals surface area contributed by atoms with E-state index in [1.54, 1.807) is 29.9 Å². The lowest BCUT2D eigenvalue weighted by Crippen LogP contribution is -2.32. The van der Waals surface area contributed by atoms with Crippen LogP contribution in [-0.2, 0) is 26.6 Å². The summed E-state index contributed by atoms with van der Waals surface area (Å²) in [6, 6.07) is 22.6. The first-order valence-corrected chi connectivity index (χ1v) is 12.8. The Morgan fingerprint density at radius 3 is 2.63 bits per heavy atom. The standard InChI is InChI=1S/C30H28ClN5O2/c1-35-27(28(22-9-3-2-4-10-22)26-18-23(31)12-13-25(26)29(35)37)19-33-30(38)34-24-11-5-7-21(17-24)8-6-15-36-16-14-32-20-36/h2-5,7,9-14,16-18,20H,6,8,15,19H2,1H3,(H2,33,34,38). The fourth-order valence-electron chi connectivity index (χ4n) is 4.70. The summed E-state index contributed by atoms with van der Waals surface area (Å²) in [4.78, 5) is 30.1. The zero-order chi connectivity index (χ0) is 26.5. The molecule has 0 radical (unpaired) electrons. The van der Waals surface area contributed by atoms with Crippen LogP contribution in [-0.4, -0.2) is 20.1 Å². The van der Waals surface area contributed by atoms with Crippen molar-refractivity contribution in [2.75, 3.05) is 5.32 Å². The van der Waals surface area contributed by atoms with Crippen LogP contribution in [0.1, 0.15) is 17.7 Å². The number of hydrogen-bond donors (Lipinski definition) is 2. The van der Waals surface area contributed by atoms with Gasteiger partial charge in [0.05, 0.1) is 12.9 Å². The highest BCUT2D eigenvalue weighted by atomic mass is 35.5. The van der Waals surface area contributed by atoms with Crippen molar-refractivity contribution in [3.05, 3.63) is 118 Å². The summed E-state index contributed by atoms with van der Waals surface area (Å²) in [7, 11) is 1.73. The Labute approximate surface area is 225 Å². The van der Waals surface area contributed by atoms with Crippen LogP contribution in [0.15, 0.2) is 96.3 Å². The second-order valence-electron chi connectivity index (χ2n) is 9.15. The second kappa shape index (κ2) is 11.4. The van der Waals surface area contributed by atoms with Crippen molar-refractivity contribution in [1.82, 2.24) is 19.4 Å². The van der Waals surface area contributed by atoms with Gasteiger partial charge in [0, 0.05) is 53.3 Å². The predicted molar refractivity (Wildman–Crippen MR) is 152 cm³/mol. The van der Waals surface area contributed by atoms with Crippen molar-refractivity contribution >= 4 is 34.1 Å². The van der Waals surface area contributed by atoms with Crippen LogP contribution >= 0.6 is 11.6 Å². The quantitative estimate of drug-likeness (QED) is 0.260. The van der Waals surface area contributed by atoms with Crippen molar-refractivity contribution in [2.24, 2.45) is 7.05 Å². The van der Waals surface area contributed by atoms with E-state index in [9.17, 15) is 9.59 Å². The van der Waals surface area contributed by atoms with Gasteiger partial charge in [-0.3, -0.25) is 4.79 Å². The van der Waals surface area contributed by atoms with Gasteiger partial charge in [-0.15, -0.1) is 0 Å². The Kier molecular flexibility index (Phi) is 7.56. The van der Waals surface area contributed by atoms with Gasteiger partial charge in [-0.05, 0) is 59.7 Å². The summed E-state index contributed by atoms with van der Waals surface area (Å²) in [5, 5.41) is 7.74. The van der Waals surface area contributed by atoms with E-state index in [1.165, 1.54) is 0 Å². The summed E-state index contributed by atoms with van der Waals surface area (Å²) < 4.78 is 3.65. The number of aryl methyl sites for hydroxylation is 2. The van der Waals surface area contributed by atoms with Gasteiger partial charge < -0.3 is 19.8 Å². The van der Waals surface area contributed by atoms with Gasteiger partial charge in [0.25, 0.3) is 5.56 Å². The summed E-state index contributed by atoms with van der Waals surface area (Å²) in [6.07, 6.45) is 7.39. The summed E-state index contributed by atoms with van der Waals surface area (Å²) >= 11 is 6.32. The van der Waals surface area contributed by atoms with Crippen molar-refractivity contribution < 1.29 is 4.79 Å². The molecule has 0 saturated carbocycles. The zero-order valence-electron chi connectivity index (χ0n) is 21.0. The highest BCUT2D eigenvalue weighted by molar-refractivity contribution is 6.31. The van der Waals surface area contributed by atoms with Crippen molar-refractivity contribution in [2.45, 2.75) is 25.9 Å². The zero-order valence-corrected chi connectivity index (χ0v) is 21.8. The first-order valence-electron chi connectivity index (χ1n) is 12.5. The number of imidazole rings is 1. The Morgan fingerprint density at radius 1 is 1.00 bits per heavy atom. The van der Waals surface area contributed by atoms with E-state index in [2.05, 4.69) is 21.7 Å². The molecule has 3 aromatic carbocycles. The number of fused-ring (bicyclic) bond motifs is 1. The molecule has 2 aromatic heterocycles. The second-order valence-corrected chi connectivity index (χ2v) is 9.59. The smallest absolute Gasteiger partial charge is 0.319 e. The van der Waals surface area contributed by atoms with Gasteiger partial charge in [-0.2, -0.15) is 0 Å². The van der Waals surface area contributed by atoms with E-state index < -0.39 is 0 Å². The lowest BCUT2D eigenvalue weighted by molar-refractivity contribution is 0.251. The Hall–Kier alpha value is -4.36. The van der Waals surface area contributed by atoms with Crippen LogP contribution in [0.4, 0.5) is 10.5 Å². The highest BCUT2D eigenvalue weighted by Crippen LogP contribution is 2.32. The van der Waals surface area contributed by atoms with Crippen LogP contribution < -0.4 is 16.2 Å². The first kappa shape index (κ1) is 25.3. The number of amides is 2. The number of urea groups is 1. The fourth-order valence-corrected chi connectivity index (χ4v) is 4.87. The number of hydrogen-bond acceptors (Lipinski definition) is 3. The molecule has 0 bridgehead atoms. The lowest BCUT2D eigenvalue weighted by Gasteiger charge is -2.18. The monoisotopic (exact) mass is 525 g/mol. The molecule has 2 N–H and O–H groups in total. The number of nitrogens with zero attached hydrogens (tertiary/aromatic N) is 3.